The first-order valence-corrected chi connectivity index (χ1v) is 6.88. The van der Waals surface area contributed by atoms with E-state index in [0.29, 0.717) is 11.1 Å². The maximum atomic E-state index is 9.77. The monoisotopic (exact) mass is 305 g/mol. The average molecular weight is 305 g/mol. The molecule has 0 radical (unpaired) electrons. The number of carbonyl (C=O) groups is 2. The van der Waals surface area contributed by atoms with Crippen LogP contribution < -0.4 is 0 Å². The van der Waals surface area contributed by atoms with Crippen LogP contribution in [0.2, 0.25) is 0 Å². The van der Waals surface area contributed by atoms with Gasteiger partial charge in [0.15, 0.2) is 12.2 Å². The second-order valence-electron chi connectivity index (χ2n) is 6.60. The van der Waals surface area contributed by atoms with Crippen molar-refractivity contribution in [2.75, 3.05) is 7.05 Å². The highest BCUT2D eigenvalue weighted by atomic mass is 16.4. The van der Waals surface area contributed by atoms with Gasteiger partial charge in [-0.3, -0.25) is 4.90 Å². The Bertz CT molecular complexity index is 346. The third-order valence-corrected chi connectivity index (χ3v) is 4.20. The first kappa shape index (κ1) is 19.8. The summed E-state index contributed by atoms with van der Waals surface area (Å²) in [4.78, 5) is 22.1. The van der Waals surface area contributed by atoms with Gasteiger partial charge in [0, 0.05) is 11.1 Å². The van der Waals surface area contributed by atoms with E-state index in [4.69, 9.17) is 20.4 Å². The molecule has 4 N–H and O–H groups in total. The molecule has 1 saturated heterocycles. The lowest BCUT2D eigenvalue weighted by atomic mass is 9.80. The van der Waals surface area contributed by atoms with Gasteiger partial charge in [-0.2, -0.15) is 0 Å². The zero-order valence-corrected chi connectivity index (χ0v) is 13.3. The van der Waals surface area contributed by atoms with Gasteiger partial charge in [0.1, 0.15) is 0 Å². The molecule has 0 aromatic carbocycles. The highest BCUT2D eigenvalue weighted by molar-refractivity contribution is 5.83. The Morgan fingerprint density at radius 3 is 1.38 bits per heavy atom. The molecule has 1 rings (SSSR count). The zero-order valence-electron chi connectivity index (χ0n) is 13.3. The van der Waals surface area contributed by atoms with Crippen LogP contribution in [-0.2, 0) is 9.59 Å². The lowest BCUT2D eigenvalue weighted by Crippen LogP contribution is -2.56. The Hall–Kier alpha value is -1.18. The SMILES string of the molecule is CN1C(C)(C)CCCC1(C)C.O=C(O)[C@H](O)[C@@H](O)C(=O)O. The number of aliphatic hydroxyl groups is 2. The van der Waals surface area contributed by atoms with Crippen LogP contribution in [0.3, 0.4) is 0 Å². The van der Waals surface area contributed by atoms with E-state index in [2.05, 4.69) is 39.6 Å². The van der Waals surface area contributed by atoms with Gasteiger partial charge in [0.05, 0.1) is 0 Å². The molecule has 1 heterocycles. The Labute approximate surface area is 125 Å². The number of carboxylic acid groups (broad SMARTS) is 2. The predicted octanol–water partition coefficient (Wildman–Crippen LogP) is 0.537. The Morgan fingerprint density at radius 1 is 0.905 bits per heavy atom. The summed E-state index contributed by atoms with van der Waals surface area (Å²) in [5.74, 6) is -3.54. The number of hydrogen-bond acceptors (Lipinski definition) is 5. The first-order valence-electron chi connectivity index (χ1n) is 6.88. The van der Waals surface area contributed by atoms with E-state index in [9.17, 15) is 9.59 Å². The van der Waals surface area contributed by atoms with Crippen LogP contribution in [0.15, 0.2) is 0 Å². The molecule has 0 amide bonds. The normalized spacial score (nSPS) is 23.4. The minimum absolute atomic E-state index is 0.405. The molecule has 21 heavy (non-hydrogen) atoms. The van der Waals surface area contributed by atoms with Crippen LogP contribution in [0.4, 0.5) is 0 Å². The average Bonchev–Trinajstić information content (AvgIpc) is 2.34. The fraction of sp³-hybridized carbons (Fsp3) is 0.857. The Morgan fingerprint density at radius 2 is 1.19 bits per heavy atom. The molecule has 124 valence electrons. The molecule has 0 saturated carbocycles. The van der Waals surface area contributed by atoms with Crippen molar-refractivity contribution >= 4 is 11.9 Å². The summed E-state index contributed by atoms with van der Waals surface area (Å²) in [5.41, 5.74) is 0.809. The number of piperidine rings is 1. The van der Waals surface area contributed by atoms with Gasteiger partial charge in [-0.15, -0.1) is 0 Å². The van der Waals surface area contributed by atoms with Gasteiger partial charge in [-0.05, 0) is 54.0 Å². The molecule has 2 atom stereocenters. The van der Waals surface area contributed by atoms with Crippen LogP contribution in [0.1, 0.15) is 47.0 Å². The topological polar surface area (TPSA) is 118 Å². The maximum absolute atomic E-state index is 9.77. The maximum Gasteiger partial charge on any atom is 0.335 e. The second-order valence-corrected chi connectivity index (χ2v) is 6.60. The lowest BCUT2D eigenvalue weighted by molar-refractivity contribution is -0.165. The van der Waals surface area contributed by atoms with Gasteiger partial charge >= 0.3 is 11.9 Å². The van der Waals surface area contributed by atoms with E-state index in [0.717, 1.165) is 0 Å². The highest BCUT2D eigenvalue weighted by Gasteiger charge is 2.38. The van der Waals surface area contributed by atoms with Crippen LogP contribution in [-0.4, -0.2) is 67.6 Å². The van der Waals surface area contributed by atoms with E-state index < -0.39 is 24.1 Å². The summed E-state index contributed by atoms with van der Waals surface area (Å²) in [6.07, 6.45) is -0.473. The number of aliphatic hydroxyl groups excluding tert-OH is 2. The van der Waals surface area contributed by atoms with Gasteiger partial charge in [-0.25, -0.2) is 9.59 Å². The molecular formula is C14H27NO6. The summed E-state index contributed by atoms with van der Waals surface area (Å²) >= 11 is 0. The van der Waals surface area contributed by atoms with E-state index in [1.807, 2.05) is 0 Å². The van der Waals surface area contributed by atoms with Crippen LogP contribution in [0.25, 0.3) is 0 Å². The summed E-state index contributed by atoms with van der Waals surface area (Å²) < 4.78 is 0. The molecule has 1 fully saturated rings. The van der Waals surface area contributed by atoms with Crippen LogP contribution in [0.5, 0.6) is 0 Å². The summed E-state index contributed by atoms with van der Waals surface area (Å²) in [6.45, 7) is 9.36. The van der Waals surface area contributed by atoms with E-state index in [1.165, 1.54) is 19.3 Å². The molecular weight excluding hydrogens is 278 g/mol. The lowest BCUT2D eigenvalue weighted by Gasteiger charge is -2.50. The zero-order chi connectivity index (χ0) is 17.0. The fourth-order valence-electron chi connectivity index (χ4n) is 2.38. The summed E-state index contributed by atoms with van der Waals surface area (Å²) in [5, 5.41) is 32.5. The van der Waals surface area contributed by atoms with Crippen molar-refractivity contribution in [1.29, 1.82) is 0 Å². The molecule has 0 unspecified atom stereocenters. The predicted molar refractivity (Wildman–Crippen MR) is 77.1 cm³/mol. The second kappa shape index (κ2) is 7.20. The molecule has 7 heteroatoms. The van der Waals surface area contributed by atoms with E-state index >= 15 is 0 Å². The number of hydrogen-bond donors (Lipinski definition) is 4. The quantitative estimate of drug-likeness (QED) is 0.601. The van der Waals surface area contributed by atoms with Crippen molar-refractivity contribution in [3.63, 3.8) is 0 Å². The van der Waals surface area contributed by atoms with Gasteiger partial charge in [-0.1, -0.05) is 0 Å². The van der Waals surface area contributed by atoms with Crippen molar-refractivity contribution in [2.24, 2.45) is 0 Å². The van der Waals surface area contributed by atoms with Crippen LogP contribution >= 0.6 is 0 Å². The van der Waals surface area contributed by atoms with E-state index in [-0.39, 0.29) is 0 Å². The summed E-state index contributed by atoms with van der Waals surface area (Å²) in [7, 11) is 2.25. The molecule has 1 aliphatic heterocycles. The minimum Gasteiger partial charge on any atom is -0.479 e. The standard InChI is InChI=1S/C10H21N.C4H6O6/c1-9(2)7-6-8-10(3,4)11(9)5;5-1(3(7)8)2(6)4(9)10/h6-8H2,1-5H3;1-2,5-6H,(H,7,8)(H,9,10)/t;1-,2-/m.1/s1. The first-order chi connectivity index (χ1) is 9.33. The Kier molecular flexibility index (Phi) is 6.79. The minimum atomic E-state index is -2.27. The highest BCUT2D eigenvalue weighted by Crippen LogP contribution is 2.36. The third-order valence-electron chi connectivity index (χ3n) is 4.20. The number of nitrogens with zero attached hydrogens (tertiary/aromatic N) is 1. The van der Waals surface area contributed by atoms with Crippen molar-refractivity contribution in [3.05, 3.63) is 0 Å². The number of likely N-dealkylation sites (tertiary alicyclic amines) is 1. The van der Waals surface area contributed by atoms with Crippen molar-refractivity contribution in [1.82, 2.24) is 4.90 Å². The number of rotatable bonds is 3. The molecule has 0 aromatic heterocycles. The number of carboxylic acids is 2. The Balaban J connectivity index is 0.000000384. The van der Waals surface area contributed by atoms with Crippen molar-refractivity contribution in [3.8, 4) is 0 Å². The van der Waals surface area contributed by atoms with Gasteiger partial charge in [0.25, 0.3) is 0 Å². The largest absolute Gasteiger partial charge is 0.479 e. The van der Waals surface area contributed by atoms with Crippen molar-refractivity contribution < 1.29 is 30.0 Å². The fourth-order valence-corrected chi connectivity index (χ4v) is 2.38. The van der Waals surface area contributed by atoms with Gasteiger partial charge < -0.3 is 20.4 Å². The smallest absolute Gasteiger partial charge is 0.335 e. The summed E-state index contributed by atoms with van der Waals surface area (Å²) in [6, 6.07) is 0. The molecule has 0 spiro atoms. The molecule has 1 aliphatic rings. The van der Waals surface area contributed by atoms with Gasteiger partial charge in [0.2, 0.25) is 0 Å². The third kappa shape index (κ3) is 5.61. The molecule has 7 nitrogen and oxygen atoms in total. The number of aliphatic carboxylic acids is 2. The molecule has 0 bridgehead atoms. The van der Waals surface area contributed by atoms with Crippen molar-refractivity contribution in [2.45, 2.75) is 70.2 Å². The molecule has 0 aromatic rings. The van der Waals surface area contributed by atoms with E-state index in [1.54, 1.807) is 0 Å². The van der Waals surface area contributed by atoms with Crippen LogP contribution in [0, 0.1) is 0 Å². The molecule has 0 aliphatic carbocycles.